The quantitative estimate of drug-likeness (QED) is 0.588. The normalized spacial score (nSPS) is 27.2. The zero-order valence-electron chi connectivity index (χ0n) is 17.6. The van der Waals surface area contributed by atoms with Gasteiger partial charge in [0.05, 0.1) is 36.5 Å². The van der Waals surface area contributed by atoms with E-state index in [0.717, 1.165) is 19.3 Å². The number of aliphatic hydroxyl groups is 1. The van der Waals surface area contributed by atoms with Gasteiger partial charge in [-0.3, -0.25) is 0 Å². The van der Waals surface area contributed by atoms with Gasteiger partial charge in [0.25, 0.3) is 0 Å². The van der Waals surface area contributed by atoms with Gasteiger partial charge < -0.3 is 25.0 Å². The molecule has 0 amide bonds. The number of aliphatic hydroxyl groups excluding tert-OH is 1. The smallest absolute Gasteiger partial charge is 0.416 e. The van der Waals surface area contributed by atoms with Crippen LogP contribution in [0.4, 0.5) is 23.4 Å². The van der Waals surface area contributed by atoms with Gasteiger partial charge in [-0.15, -0.1) is 10.2 Å². The number of phenolic OH excluding ortho intramolecular Hbond substituents is 1. The van der Waals surface area contributed by atoms with Crippen LogP contribution in [0.15, 0.2) is 12.1 Å². The Balaban J connectivity index is 1.62. The molecule has 1 saturated carbocycles. The highest BCUT2D eigenvalue weighted by molar-refractivity contribution is 5.74. The summed E-state index contributed by atoms with van der Waals surface area (Å²) in [5.74, 6) is -1.77. The lowest BCUT2D eigenvalue weighted by molar-refractivity contribution is -0.137. The maximum Gasteiger partial charge on any atom is 0.416 e. The van der Waals surface area contributed by atoms with E-state index in [1.165, 1.54) is 0 Å². The Morgan fingerprint density at radius 2 is 1.94 bits per heavy atom. The molecule has 0 radical (unpaired) electrons. The molecule has 11 heteroatoms. The number of hydrogen-bond acceptors (Lipinski definition) is 7. The second kappa shape index (κ2) is 8.07. The molecule has 3 atom stereocenters. The van der Waals surface area contributed by atoms with Crippen LogP contribution < -0.4 is 5.32 Å². The minimum Gasteiger partial charge on any atom is -0.507 e. The zero-order chi connectivity index (χ0) is 23.4. The van der Waals surface area contributed by atoms with E-state index >= 15 is 0 Å². The summed E-state index contributed by atoms with van der Waals surface area (Å²) in [6, 6.07) is 0.554. The SMILES string of the molecule is Oc1cc(C(F)(F)F)cc(F)c1-c1nnc(NC2CCCC[C@H]2O)c2c1CO[C@]21CCOC1. The molecule has 3 N–H and O–H groups in total. The van der Waals surface area contributed by atoms with Crippen LogP contribution in [0.25, 0.3) is 11.3 Å². The molecule has 2 aromatic rings. The molecule has 7 nitrogen and oxygen atoms in total. The van der Waals surface area contributed by atoms with Crippen molar-refractivity contribution in [1.82, 2.24) is 10.2 Å². The Morgan fingerprint density at radius 1 is 1.15 bits per heavy atom. The number of anilines is 1. The van der Waals surface area contributed by atoms with E-state index in [0.29, 0.717) is 48.5 Å². The molecule has 1 aliphatic carbocycles. The third kappa shape index (κ3) is 3.81. The summed E-state index contributed by atoms with van der Waals surface area (Å²) in [4.78, 5) is 0. The number of hydrogen-bond donors (Lipinski definition) is 3. The fourth-order valence-electron chi connectivity index (χ4n) is 4.99. The number of aromatic nitrogens is 2. The maximum absolute atomic E-state index is 14.8. The summed E-state index contributed by atoms with van der Waals surface area (Å²) in [5, 5.41) is 32.3. The molecular weight excluding hydrogens is 446 g/mol. The van der Waals surface area contributed by atoms with E-state index in [1.54, 1.807) is 0 Å². The van der Waals surface area contributed by atoms with E-state index in [-0.39, 0.29) is 24.9 Å². The van der Waals surface area contributed by atoms with Crippen LogP contribution >= 0.6 is 0 Å². The maximum atomic E-state index is 14.8. The first kappa shape index (κ1) is 22.3. The molecule has 1 aromatic heterocycles. The first-order chi connectivity index (χ1) is 15.7. The Bertz CT molecular complexity index is 1050. The average molecular weight is 469 g/mol. The van der Waals surface area contributed by atoms with Crippen molar-refractivity contribution >= 4 is 5.82 Å². The lowest BCUT2D eigenvalue weighted by Crippen LogP contribution is -2.38. The lowest BCUT2D eigenvalue weighted by Gasteiger charge is -2.31. The summed E-state index contributed by atoms with van der Waals surface area (Å²) in [6.45, 7) is 0.669. The number of phenols is 1. The van der Waals surface area contributed by atoms with Gasteiger partial charge in [-0.05, 0) is 25.0 Å². The van der Waals surface area contributed by atoms with Gasteiger partial charge in [0, 0.05) is 24.2 Å². The summed E-state index contributed by atoms with van der Waals surface area (Å²) >= 11 is 0. The van der Waals surface area contributed by atoms with Crippen molar-refractivity contribution in [3.8, 4) is 17.0 Å². The number of aromatic hydroxyl groups is 1. The highest BCUT2D eigenvalue weighted by Gasteiger charge is 2.48. The molecule has 3 aliphatic rings. The number of nitrogens with zero attached hydrogens (tertiary/aromatic N) is 2. The van der Waals surface area contributed by atoms with E-state index in [9.17, 15) is 27.8 Å². The monoisotopic (exact) mass is 469 g/mol. The van der Waals surface area contributed by atoms with Crippen LogP contribution in [-0.4, -0.2) is 45.8 Å². The number of benzene rings is 1. The van der Waals surface area contributed by atoms with E-state index in [1.807, 2.05) is 0 Å². The molecule has 2 aliphatic heterocycles. The topological polar surface area (TPSA) is 96.7 Å². The molecule has 1 saturated heterocycles. The molecule has 1 spiro atoms. The molecule has 178 valence electrons. The van der Waals surface area contributed by atoms with E-state index in [2.05, 4.69) is 15.5 Å². The highest BCUT2D eigenvalue weighted by atomic mass is 19.4. The van der Waals surface area contributed by atoms with Crippen molar-refractivity contribution < 1.29 is 37.2 Å². The van der Waals surface area contributed by atoms with Gasteiger partial charge in [0.15, 0.2) is 5.82 Å². The number of fused-ring (bicyclic) bond motifs is 2. The average Bonchev–Trinajstić information content (AvgIpc) is 3.38. The fourth-order valence-corrected chi connectivity index (χ4v) is 4.99. The number of rotatable bonds is 3. The summed E-state index contributed by atoms with van der Waals surface area (Å²) in [7, 11) is 0. The highest BCUT2D eigenvalue weighted by Crippen LogP contribution is 2.49. The van der Waals surface area contributed by atoms with Crippen molar-refractivity contribution in [3.05, 3.63) is 34.6 Å². The van der Waals surface area contributed by atoms with Crippen molar-refractivity contribution in [1.29, 1.82) is 0 Å². The molecule has 1 unspecified atom stereocenters. The molecule has 3 heterocycles. The third-order valence-electron chi connectivity index (χ3n) is 6.69. The van der Waals surface area contributed by atoms with Crippen molar-refractivity contribution in [2.45, 2.75) is 62.6 Å². The van der Waals surface area contributed by atoms with Crippen molar-refractivity contribution in [3.63, 3.8) is 0 Å². The van der Waals surface area contributed by atoms with Crippen LogP contribution in [0.3, 0.4) is 0 Å². The standard InChI is InChI=1S/C22H23F4N3O4/c23-13-7-11(22(24,25)26)8-16(31)17(13)19-12-9-33-21(5-6-32-10-21)18(12)20(29-28-19)27-14-3-1-2-4-15(14)30/h7-8,14-15,30-31H,1-6,9-10H2,(H,27,29)/t14?,15-,21+/m1/s1. The summed E-state index contributed by atoms with van der Waals surface area (Å²) in [6.07, 6.45) is -1.61. The predicted molar refractivity (Wildman–Crippen MR) is 108 cm³/mol. The van der Waals surface area contributed by atoms with Crippen LogP contribution in [0.1, 0.15) is 48.8 Å². The second-order valence-electron chi connectivity index (χ2n) is 8.79. The predicted octanol–water partition coefficient (Wildman–Crippen LogP) is 3.87. The van der Waals surface area contributed by atoms with Crippen LogP contribution in [0.5, 0.6) is 5.75 Å². The molecular formula is C22H23F4N3O4. The van der Waals surface area contributed by atoms with Gasteiger partial charge in [-0.2, -0.15) is 13.2 Å². The fraction of sp³-hybridized carbons (Fsp3) is 0.545. The van der Waals surface area contributed by atoms with Gasteiger partial charge in [-0.1, -0.05) is 12.8 Å². The Labute approximate surface area is 186 Å². The van der Waals surface area contributed by atoms with Gasteiger partial charge in [0.1, 0.15) is 22.9 Å². The molecule has 1 aromatic carbocycles. The van der Waals surface area contributed by atoms with Crippen molar-refractivity contribution in [2.24, 2.45) is 0 Å². The summed E-state index contributed by atoms with van der Waals surface area (Å²) < 4.78 is 65.6. The van der Waals surface area contributed by atoms with Crippen LogP contribution in [0.2, 0.25) is 0 Å². The van der Waals surface area contributed by atoms with E-state index < -0.39 is 40.6 Å². The van der Waals surface area contributed by atoms with Gasteiger partial charge in [-0.25, -0.2) is 4.39 Å². The number of ether oxygens (including phenoxy) is 2. The summed E-state index contributed by atoms with van der Waals surface area (Å²) in [5.41, 5.74) is -1.69. The second-order valence-corrected chi connectivity index (χ2v) is 8.79. The molecule has 2 fully saturated rings. The Kier molecular flexibility index (Phi) is 5.45. The largest absolute Gasteiger partial charge is 0.507 e. The van der Waals surface area contributed by atoms with Crippen LogP contribution in [-0.2, 0) is 27.9 Å². The minimum absolute atomic E-state index is 0.00531. The van der Waals surface area contributed by atoms with Gasteiger partial charge >= 0.3 is 6.18 Å². The molecule has 33 heavy (non-hydrogen) atoms. The number of nitrogens with one attached hydrogen (secondary N) is 1. The van der Waals surface area contributed by atoms with Crippen LogP contribution in [0, 0.1) is 5.82 Å². The zero-order valence-corrected chi connectivity index (χ0v) is 17.6. The minimum atomic E-state index is -4.81. The Morgan fingerprint density at radius 3 is 2.61 bits per heavy atom. The lowest BCUT2D eigenvalue weighted by atomic mass is 9.88. The van der Waals surface area contributed by atoms with Crippen molar-refractivity contribution in [2.75, 3.05) is 18.5 Å². The number of alkyl halides is 3. The first-order valence-corrected chi connectivity index (χ1v) is 10.9. The van der Waals surface area contributed by atoms with E-state index in [4.69, 9.17) is 9.47 Å². The third-order valence-corrected chi connectivity index (χ3v) is 6.69. The Hall–Kier alpha value is -2.50. The molecule has 0 bridgehead atoms. The van der Waals surface area contributed by atoms with Gasteiger partial charge in [0.2, 0.25) is 0 Å². The number of halogens is 4. The first-order valence-electron chi connectivity index (χ1n) is 10.9. The molecule has 5 rings (SSSR count).